The highest BCUT2D eigenvalue weighted by Gasteiger charge is 2.20. The predicted molar refractivity (Wildman–Crippen MR) is 121 cm³/mol. The maximum absolute atomic E-state index is 10.5. The van der Waals surface area contributed by atoms with Crippen molar-refractivity contribution in [3.8, 4) is 11.5 Å². The molecule has 6 nitrogen and oxygen atoms in total. The number of rotatable bonds is 9. The molecule has 2 N–H and O–H groups in total. The molecule has 1 aromatic heterocycles. The van der Waals surface area contributed by atoms with Gasteiger partial charge in [0.1, 0.15) is 30.0 Å². The van der Waals surface area contributed by atoms with Gasteiger partial charge < -0.3 is 24.5 Å². The molecule has 0 saturated carbocycles. The van der Waals surface area contributed by atoms with Gasteiger partial charge in [0.25, 0.3) is 0 Å². The van der Waals surface area contributed by atoms with Gasteiger partial charge >= 0.3 is 0 Å². The lowest BCUT2D eigenvalue weighted by Gasteiger charge is -2.22. The molecule has 1 heterocycles. The topological polar surface area (TPSA) is 68.5 Å². The summed E-state index contributed by atoms with van der Waals surface area (Å²) in [7, 11) is 3.60. The smallest absolute Gasteiger partial charge is 0.130 e. The summed E-state index contributed by atoms with van der Waals surface area (Å²) in [4.78, 5) is 4.50. The van der Waals surface area contributed by atoms with Crippen LogP contribution in [0.5, 0.6) is 11.5 Å². The first-order valence-corrected chi connectivity index (χ1v) is 10.3. The molecule has 160 valence electrons. The Balaban J connectivity index is 1.41. The normalized spacial score (nSPS) is 13.1. The van der Waals surface area contributed by atoms with E-state index in [4.69, 9.17) is 9.47 Å². The number of hydrogen-bond donors (Lipinski definition) is 2. The van der Waals surface area contributed by atoms with Crippen molar-refractivity contribution < 1.29 is 14.6 Å². The van der Waals surface area contributed by atoms with E-state index >= 15 is 0 Å². The van der Waals surface area contributed by atoms with Gasteiger partial charge in [-0.25, -0.2) is 4.98 Å². The van der Waals surface area contributed by atoms with Crippen LogP contribution in [0.4, 0.5) is 0 Å². The Labute approximate surface area is 182 Å². The van der Waals surface area contributed by atoms with Gasteiger partial charge in [-0.1, -0.05) is 42.5 Å². The molecule has 0 fully saturated rings. The molecular weight excluding hydrogens is 390 g/mol. The van der Waals surface area contributed by atoms with Gasteiger partial charge in [0.2, 0.25) is 0 Å². The Morgan fingerprint density at radius 1 is 1.00 bits per heavy atom. The maximum atomic E-state index is 10.5. The number of hydrogen-bond acceptors (Lipinski definition) is 5. The standard InChI is InChI=1S/C25H27N3O3/c1-28-13-12-26-25(28)24(20-8-5-9-22(15-20)30-2)27-16-21(29)17-31-23-11-10-18-6-3-4-7-19(18)14-23/h3-15,21,24,27,29H,16-17H2,1-2H3. The largest absolute Gasteiger partial charge is 0.497 e. The minimum atomic E-state index is -0.681. The summed E-state index contributed by atoms with van der Waals surface area (Å²) >= 11 is 0. The highest BCUT2D eigenvalue weighted by Crippen LogP contribution is 2.24. The highest BCUT2D eigenvalue weighted by molar-refractivity contribution is 5.83. The second kappa shape index (κ2) is 9.64. The number of ether oxygens (including phenoxy) is 2. The summed E-state index contributed by atoms with van der Waals surface area (Å²) in [6.07, 6.45) is 2.99. The van der Waals surface area contributed by atoms with Crippen LogP contribution >= 0.6 is 0 Å². The van der Waals surface area contributed by atoms with Crippen LogP contribution in [0.25, 0.3) is 10.8 Å². The Morgan fingerprint density at radius 2 is 1.84 bits per heavy atom. The molecule has 31 heavy (non-hydrogen) atoms. The van der Waals surface area contributed by atoms with E-state index in [2.05, 4.69) is 16.4 Å². The second-order valence-electron chi connectivity index (χ2n) is 7.49. The zero-order valence-corrected chi connectivity index (χ0v) is 17.7. The molecule has 0 aliphatic rings. The van der Waals surface area contributed by atoms with E-state index in [1.54, 1.807) is 13.3 Å². The third kappa shape index (κ3) is 5.05. The van der Waals surface area contributed by atoms with Crippen molar-refractivity contribution in [2.24, 2.45) is 7.05 Å². The molecule has 4 aromatic rings. The van der Waals surface area contributed by atoms with Crippen LogP contribution in [0.1, 0.15) is 17.4 Å². The zero-order valence-electron chi connectivity index (χ0n) is 17.7. The molecule has 0 bridgehead atoms. The Bertz CT molecular complexity index is 1140. The van der Waals surface area contributed by atoms with Gasteiger partial charge in [0.15, 0.2) is 0 Å². The van der Waals surface area contributed by atoms with E-state index in [1.807, 2.05) is 78.5 Å². The quantitative estimate of drug-likeness (QED) is 0.435. The molecule has 3 aromatic carbocycles. The number of aliphatic hydroxyl groups is 1. The Hall–Kier alpha value is -3.35. The van der Waals surface area contributed by atoms with Gasteiger partial charge in [0, 0.05) is 26.0 Å². The van der Waals surface area contributed by atoms with Crippen LogP contribution in [0.3, 0.4) is 0 Å². The van der Waals surface area contributed by atoms with Gasteiger partial charge in [0.05, 0.1) is 13.2 Å². The highest BCUT2D eigenvalue weighted by atomic mass is 16.5. The molecule has 0 spiro atoms. The molecule has 6 heteroatoms. The Kier molecular flexibility index (Phi) is 6.50. The summed E-state index contributed by atoms with van der Waals surface area (Å²) in [5.74, 6) is 2.38. The molecule has 0 aliphatic carbocycles. The average molecular weight is 418 g/mol. The molecule has 2 atom stereocenters. The molecule has 2 unspecified atom stereocenters. The first-order chi connectivity index (χ1) is 15.1. The molecule has 0 amide bonds. The van der Waals surface area contributed by atoms with Crippen LogP contribution in [0, 0.1) is 0 Å². The molecule has 4 rings (SSSR count). The maximum Gasteiger partial charge on any atom is 0.130 e. The lowest BCUT2D eigenvalue weighted by molar-refractivity contribution is 0.104. The molecule has 0 aliphatic heterocycles. The molecule has 0 radical (unpaired) electrons. The predicted octanol–water partition coefficient (Wildman–Crippen LogP) is 3.70. The van der Waals surface area contributed by atoms with Gasteiger partial charge in [-0.3, -0.25) is 0 Å². The van der Waals surface area contributed by atoms with Crippen molar-refractivity contribution in [1.29, 1.82) is 0 Å². The second-order valence-corrected chi connectivity index (χ2v) is 7.49. The van der Waals surface area contributed by atoms with E-state index in [1.165, 1.54) is 0 Å². The third-order valence-electron chi connectivity index (χ3n) is 5.26. The van der Waals surface area contributed by atoms with E-state index < -0.39 is 6.10 Å². The van der Waals surface area contributed by atoms with Crippen LogP contribution in [0.2, 0.25) is 0 Å². The zero-order chi connectivity index (χ0) is 21.6. The van der Waals surface area contributed by atoms with E-state index in [9.17, 15) is 5.11 Å². The van der Waals surface area contributed by atoms with E-state index in [-0.39, 0.29) is 12.6 Å². The first kappa shape index (κ1) is 20.9. The number of fused-ring (bicyclic) bond motifs is 1. The van der Waals surface area contributed by atoms with Crippen molar-refractivity contribution in [2.45, 2.75) is 12.1 Å². The number of imidazole rings is 1. The van der Waals surface area contributed by atoms with Gasteiger partial charge in [-0.15, -0.1) is 0 Å². The van der Waals surface area contributed by atoms with Crippen LogP contribution in [0.15, 0.2) is 79.1 Å². The summed E-state index contributed by atoms with van der Waals surface area (Å²) in [5.41, 5.74) is 1.01. The van der Waals surface area contributed by atoms with E-state index in [0.29, 0.717) is 6.54 Å². The Morgan fingerprint density at radius 3 is 2.61 bits per heavy atom. The van der Waals surface area contributed by atoms with Crippen molar-refractivity contribution in [2.75, 3.05) is 20.3 Å². The number of benzene rings is 3. The van der Waals surface area contributed by atoms with Gasteiger partial charge in [-0.05, 0) is 40.6 Å². The first-order valence-electron chi connectivity index (χ1n) is 10.3. The van der Waals surface area contributed by atoms with Gasteiger partial charge in [-0.2, -0.15) is 0 Å². The number of aryl methyl sites for hydroxylation is 1. The van der Waals surface area contributed by atoms with Crippen molar-refractivity contribution in [3.05, 3.63) is 90.5 Å². The van der Waals surface area contributed by atoms with Crippen molar-refractivity contribution in [1.82, 2.24) is 14.9 Å². The minimum absolute atomic E-state index is 0.189. The van der Waals surface area contributed by atoms with Crippen molar-refractivity contribution in [3.63, 3.8) is 0 Å². The number of nitrogens with one attached hydrogen (secondary N) is 1. The van der Waals surface area contributed by atoms with Crippen molar-refractivity contribution >= 4 is 10.8 Å². The van der Waals surface area contributed by atoms with E-state index in [0.717, 1.165) is 33.7 Å². The lowest BCUT2D eigenvalue weighted by Crippen LogP contribution is -2.35. The fraction of sp³-hybridized carbons (Fsp3) is 0.240. The number of aliphatic hydroxyl groups excluding tert-OH is 1. The summed E-state index contributed by atoms with van der Waals surface area (Å²) < 4.78 is 13.2. The van der Waals surface area contributed by atoms with Crippen LogP contribution in [-0.2, 0) is 7.05 Å². The monoisotopic (exact) mass is 417 g/mol. The minimum Gasteiger partial charge on any atom is -0.497 e. The number of nitrogens with zero attached hydrogens (tertiary/aromatic N) is 2. The number of methoxy groups -OCH3 is 1. The molecule has 0 saturated heterocycles. The lowest BCUT2D eigenvalue weighted by atomic mass is 10.1. The fourth-order valence-corrected chi connectivity index (χ4v) is 3.60. The summed E-state index contributed by atoms with van der Waals surface area (Å²) in [6.45, 7) is 0.541. The van der Waals surface area contributed by atoms with Crippen LogP contribution < -0.4 is 14.8 Å². The third-order valence-corrected chi connectivity index (χ3v) is 5.26. The number of aromatic nitrogens is 2. The average Bonchev–Trinajstić information content (AvgIpc) is 3.23. The fourth-order valence-electron chi connectivity index (χ4n) is 3.60. The summed E-state index contributed by atoms with van der Waals surface area (Å²) in [5, 5.41) is 16.2. The van der Waals surface area contributed by atoms with Crippen LogP contribution in [-0.4, -0.2) is 41.0 Å². The molecular formula is C25H27N3O3. The summed E-state index contributed by atoms with van der Waals surface area (Å²) in [6, 6.07) is 21.7. The SMILES string of the molecule is COc1cccc(C(NCC(O)COc2ccc3ccccc3c2)c2nccn2C)c1.